The summed E-state index contributed by atoms with van der Waals surface area (Å²) in [6, 6.07) is 8.16. The van der Waals surface area contributed by atoms with Gasteiger partial charge in [0, 0.05) is 19.5 Å². The lowest BCUT2D eigenvalue weighted by Gasteiger charge is -2.34. The van der Waals surface area contributed by atoms with E-state index in [1.165, 1.54) is 0 Å². The molecule has 0 bridgehead atoms. The van der Waals surface area contributed by atoms with E-state index in [2.05, 4.69) is 10.6 Å². The van der Waals surface area contributed by atoms with Gasteiger partial charge in [0.25, 0.3) is 0 Å². The Morgan fingerprint density at radius 1 is 1.15 bits per heavy atom. The maximum absolute atomic E-state index is 13.2. The molecule has 1 aromatic carbocycles. The number of carbonyl (C=O) groups is 2. The molecule has 7 heteroatoms. The summed E-state index contributed by atoms with van der Waals surface area (Å²) < 4.78 is 2.13. The number of aryl methyl sites for hydroxylation is 1. The number of carbonyl (C=O) groups excluding carboxylic acids is 2. The largest absolute Gasteiger partial charge is 0.369 e. The molecule has 4 rings (SSSR count). The van der Waals surface area contributed by atoms with Crippen molar-refractivity contribution >= 4 is 22.8 Å². The predicted octanol–water partition coefficient (Wildman–Crippen LogP) is 1.43. The molecular formula is C20H27N5O2. The lowest BCUT2D eigenvalue weighted by Crippen LogP contribution is -2.44. The first-order valence-electron chi connectivity index (χ1n) is 9.77. The number of amides is 2. The van der Waals surface area contributed by atoms with Crippen molar-refractivity contribution in [2.75, 3.05) is 26.2 Å². The van der Waals surface area contributed by atoms with E-state index in [4.69, 9.17) is 10.7 Å². The quantitative estimate of drug-likeness (QED) is 0.884. The van der Waals surface area contributed by atoms with Crippen LogP contribution < -0.4 is 5.73 Å². The second-order valence-corrected chi connectivity index (χ2v) is 7.72. The molecule has 7 nitrogen and oxygen atoms in total. The van der Waals surface area contributed by atoms with Crippen LogP contribution in [0.1, 0.15) is 37.5 Å². The molecule has 2 saturated heterocycles. The van der Waals surface area contributed by atoms with Gasteiger partial charge in [-0.25, -0.2) is 4.98 Å². The average Bonchev–Trinajstić information content (AvgIpc) is 3.26. The fraction of sp³-hybridized carbons (Fsp3) is 0.550. The molecule has 0 aliphatic carbocycles. The number of nitrogens with two attached hydrogens (primary N) is 1. The van der Waals surface area contributed by atoms with Gasteiger partial charge in [-0.1, -0.05) is 12.1 Å². The molecule has 0 saturated carbocycles. The standard InChI is InChI=1S/C20H27N5O2/c1-23-16-6-3-2-5-15(16)22-19(23)17-7-4-10-25(17)20(27)14-8-11-24(12-9-14)13-18(21)26/h2-3,5-6,14,17H,4,7-13H2,1H3,(H2,21,26)/t17-/m0/s1. The number of rotatable bonds is 4. The second-order valence-electron chi connectivity index (χ2n) is 7.72. The molecule has 2 aliphatic rings. The van der Waals surface area contributed by atoms with Crippen molar-refractivity contribution in [2.24, 2.45) is 18.7 Å². The molecule has 144 valence electrons. The van der Waals surface area contributed by atoms with Crippen molar-refractivity contribution in [1.29, 1.82) is 0 Å². The minimum atomic E-state index is -0.304. The Hall–Kier alpha value is -2.41. The van der Waals surface area contributed by atoms with Crippen LogP contribution in [-0.4, -0.2) is 57.3 Å². The van der Waals surface area contributed by atoms with Gasteiger partial charge in [0.2, 0.25) is 11.8 Å². The zero-order valence-corrected chi connectivity index (χ0v) is 15.8. The van der Waals surface area contributed by atoms with E-state index < -0.39 is 0 Å². The van der Waals surface area contributed by atoms with E-state index in [0.29, 0.717) is 0 Å². The molecule has 2 amide bonds. The highest BCUT2D eigenvalue weighted by molar-refractivity contribution is 5.80. The number of benzene rings is 1. The molecule has 1 atom stereocenters. The monoisotopic (exact) mass is 369 g/mol. The smallest absolute Gasteiger partial charge is 0.231 e. The molecule has 0 spiro atoms. The molecule has 0 unspecified atom stereocenters. The van der Waals surface area contributed by atoms with Crippen LogP contribution in [0.25, 0.3) is 11.0 Å². The van der Waals surface area contributed by atoms with Gasteiger partial charge in [-0.15, -0.1) is 0 Å². The number of likely N-dealkylation sites (tertiary alicyclic amines) is 2. The predicted molar refractivity (Wildman–Crippen MR) is 103 cm³/mol. The molecule has 27 heavy (non-hydrogen) atoms. The van der Waals surface area contributed by atoms with Gasteiger partial charge in [0.15, 0.2) is 0 Å². The van der Waals surface area contributed by atoms with E-state index in [1.54, 1.807) is 0 Å². The first-order valence-corrected chi connectivity index (χ1v) is 9.77. The zero-order chi connectivity index (χ0) is 19.0. The zero-order valence-electron chi connectivity index (χ0n) is 15.8. The van der Waals surface area contributed by atoms with Crippen LogP contribution in [0.3, 0.4) is 0 Å². The third kappa shape index (κ3) is 3.43. The number of aromatic nitrogens is 2. The summed E-state index contributed by atoms with van der Waals surface area (Å²) in [5.41, 5.74) is 7.36. The highest BCUT2D eigenvalue weighted by atomic mass is 16.2. The SMILES string of the molecule is Cn1c([C@@H]2CCCN2C(=O)C2CCN(CC(N)=O)CC2)nc2ccccc21. The van der Waals surface area contributed by atoms with Gasteiger partial charge in [-0.3, -0.25) is 14.5 Å². The van der Waals surface area contributed by atoms with Crippen LogP contribution in [0.4, 0.5) is 0 Å². The first kappa shape index (κ1) is 18.0. The van der Waals surface area contributed by atoms with E-state index in [1.807, 2.05) is 35.0 Å². The first-order chi connectivity index (χ1) is 13.0. The Labute approximate surface area is 159 Å². The van der Waals surface area contributed by atoms with Crippen LogP contribution >= 0.6 is 0 Å². The minimum absolute atomic E-state index is 0.0319. The molecular weight excluding hydrogens is 342 g/mol. The summed E-state index contributed by atoms with van der Waals surface area (Å²) in [5, 5.41) is 0. The number of imidazole rings is 1. The van der Waals surface area contributed by atoms with Gasteiger partial charge in [0.1, 0.15) is 5.82 Å². The van der Waals surface area contributed by atoms with Gasteiger partial charge in [0.05, 0.1) is 23.6 Å². The fourth-order valence-corrected chi connectivity index (χ4v) is 4.55. The third-order valence-electron chi connectivity index (χ3n) is 5.97. The van der Waals surface area contributed by atoms with E-state index in [9.17, 15) is 9.59 Å². The number of fused-ring (bicyclic) bond motifs is 1. The van der Waals surface area contributed by atoms with Crippen molar-refractivity contribution in [2.45, 2.75) is 31.7 Å². The minimum Gasteiger partial charge on any atom is -0.369 e. The number of nitrogens with zero attached hydrogens (tertiary/aromatic N) is 4. The van der Waals surface area contributed by atoms with Gasteiger partial charge >= 0.3 is 0 Å². The lowest BCUT2D eigenvalue weighted by molar-refractivity contribution is -0.138. The number of primary amides is 1. The number of hydrogen-bond acceptors (Lipinski definition) is 4. The molecule has 1 aromatic heterocycles. The normalized spacial score (nSPS) is 21.8. The highest BCUT2D eigenvalue weighted by Crippen LogP contribution is 2.35. The Bertz CT molecular complexity index is 853. The summed E-state index contributed by atoms with van der Waals surface area (Å²) in [6.07, 6.45) is 3.55. The third-order valence-corrected chi connectivity index (χ3v) is 5.97. The highest BCUT2D eigenvalue weighted by Gasteiger charge is 2.37. The van der Waals surface area contributed by atoms with Crippen molar-refractivity contribution in [1.82, 2.24) is 19.4 Å². The molecule has 2 N–H and O–H groups in total. The summed E-state index contributed by atoms with van der Waals surface area (Å²) in [6.45, 7) is 2.59. The Morgan fingerprint density at radius 3 is 2.59 bits per heavy atom. The Kier molecular flexibility index (Phi) is 4.86. The van der Waals surface area contributed by atoms with Crippen molar-refractivity contribution in [3.05, 3.63) is 30.1 Å². The molecule has 2 aliphatic heterocycles. The van der Waals surface area contributed by atoms with Crippen molar-refractivity contribution < 1.29 is 9.59 Å². The second kappa shape index (κ2) is 7.31. The van der Waals surface area contributed by atoms with E-state index in [-0.39, 0.29) is 30.3 Å². The fourth-order valence-electron chi connectivity index (χ4n) is 4.55. The van der Waals surface area contributed by atoms with E-state index in [0.717, 1.165) is 62.2 Å². The average molecular weight is 369 g/mol. The van der Waals surface area contributed by atoms with Gasteiger partial charge in [-0.05, 0) is 50.9 Å². The van der Waals surface area contributed by atoms with Crippen LogP contribution in [0, 0.1) is 5.92 Å². The lowest BCUT2D eigenvalue weighted by atomic mass is 9.95. The number of piperidine rings is 1. The van der Waals surface area contributed by atoms with Gasteiger partial charge in [-0.2, -0.15) is 0 Å². The molecule has 2 fully saturated rings. The van der Waals surface area contributed by atoms with Crippen LogP contribution in [-0.2, 0) is 16.6 Å². The Morgan fingerprint density at radius 2 is 1.89 bits per heavy atom. The Balaban J connectivity index is 1.49. The maximum Gasteiger partial charge on any atom is 0.231 e. The van der Waals surface area contributed by atoms with Crippen LogP contribution in [0.5, 0.6) is 0 Å². The molecule has 2 aromatic rings. The summed E-state index contributed by atoms with van der Waals surface area (Å²) >= 11 is 0. The van der Waals surface area contributed by atoms with Crippen LogP contribution in [0.2, 0.25) is 0 Å². The van der Waals surface area contributed by atoms with Crippen molar-refractivity contribution in [3.8, 4) is 0 Å². The molecule has 3 heterocycles. The number of hydrogen-bond donors (Lipinski definition) is 1. The molecule has 0 radical (unpaired) electrons. The topological polar surface area (TPSA) is 84.5 Å². The summed E-state index contributed by atoms with van der Waals surface area (Å²) in [7, 11) is 2.04. The van der Waals surface area contributed by atoms with Gasteiger partial charge < -0.3 is 15.2 Å². The van der Waals surface area contributed by atoms with E-state index >= 15 is 0 Å². The summed E-state index contributed by atoms with van der Waals surface area (Å²) in [5.74, 6) is 0.946. The maximum atomic E-state index is 13.2. The van der Waals surface area contributed by atoms with Crippen molar-refractivity contribution in [3.63, 3.8) is 0 Å². The number of para-hydroxylation sites is 2. The summed E-state index contributed by atoms with van der Waals surface area (Å²) in [4.78, 5) is 33.2. The van der Waals surface area contributed by atoms with Crippen LogP contribution in [0.15, 0.2) is 24.3 Å².